The molecule has 0 amide bonds. The number of piperidine rings is 1. The number of benzene rings is 1. The number of hydrogen-bond donors (Lipinski definition) is 2. The molecule has 3 heterocycles. The molecule has 1 aromatic carbocycles. The highest BCUT2D eigenvalue weighted by atomic mass is 32.2. The third kappa shape index (κ3) is 6.85. The van der Waals surface area contributed by atoms with E-state index in [2.05, 4.69) is 40.8 Å². The van der Waals surface area contributed by atoms with Crippen molar-refractivity contribution in [2.24, 2.45) is 0 Å². The van der Waals surface area contributed by atoms with Crippen LogP contribution in [0.2, 0.25) is 0 Å². The summed E-state index contributed by atoms with van der Waals surface area (Å²) in [6.07, 6.45) is 0.978. The summed E-state index contributed by atoms with van der Waals surface area (Å²) in [4.78, 5) is 6.34. The van der Waals surface area contributed by atoms with E-state index in [1.54, 1.807) is 19.2 Å². The van der Waals surface area contributed by atoms with Crippen LogP contribution in [0, 0.1) is 11.8 Å². The van der Waals surface area contributed by atoms with E-state index in [4.69, 9.17) is 4.74 Å². The summed E-state index contributed by atoms with van der Waals surface area (Å²) in [5.74, 6) is 6.36. The van der Waals surface area contributed by atoms with Gasteiger partial charge in [0.25, 0.3) is 0 Å². The Morgan fingerprint density at radius 3 is 2.71 bits per heavy atom. The molecule has 0 spiro atoms. The van der Waals surface area contributed by atoms with Gasteiger partial charge in [0.1, 0.15) is 22.6 Å². The van der Waals surface area contributed by atoms with Crippen molar-refractivity contribution >= 4 is 42.0 Å². The van der Waals surface area contributed by atoms with Crippen molar-refractivity contribution in [1.82, 2.24) is 14.3 Å². The number of alkyl halides is 4. The molecule has 1 aliphatic rings. The molecule has 3 aromatic rings. The van der Waals surface area contributed by atoms with Gasteiger partial charge < -0.3 is 20.3 Å². The predicted molar refractivity (Wildman–Crippen MR) is 148 cm³/mol. The molecule has 6 nitrogen and oxygen atoms in total. The van der Waals surface area contributed by atoms with Crippen LogP contribution in [0.15, 0.2) is 41.6 Å². The first-order chi connectivity index (χ1) is 18.1. The Bertz CT molecular complexity index is 1340. The van der Waals surface area contributed by atoms with Crippen molar-refractivity contribution in [1.29, 1.82) is 0 Å². The predicted octanol–water partition coefficient (Wildman–Crippen LogP) is 5.24. The standard InChI is InChI=1S/C26H30F4N5OPS/c1-34-14-11-19(18(27)16-34)32-21-8-6-13-35-24(21)33-22(25(35)38-26(28,29)30)7-5-12-31-20-10-9-17(37(3)4)15-23(20)36-2/h6,8-10,13,15,18-19,31-32H,11-12,14,16H2,1-4H3. The van der Waals surface area contributed by atoms with E-state index in [1.165, 1.54) is 15.9 Å². The van der Waals surface area contributed by atoms with E-state index < -0.39 is 17.7 Å². The van der Waals surface area contributed by atoms with Crippen molar-refractivity contribution in [2.75, 3.05) is 57.8 Å². The number of likely N-dealkylation sites (tertiary alicyclic amines) is 1. The lowest BCUT2D eigenvalue weighted by molar-refractivity contribution is -0.0329. The number of rotatable bonds is 7. The van der Waals surface area contributed by atoms with Crippen molar-refractivity contribution < 1.29 is 22.3 Å². The molecule has 1 saturated heterocycles. The first-order valence-corrected chi connectivity index (χ1v) is 15.0. The summed E-state index contributed by atoms with van der Waals surface area (Å²) in [6, 6.07) is 8.76. The number of ether oxygens (including phenoxy) is 1. The third-order valence-electron chi connectivity index (χ3n) is 6.18. The molecule has 0 aliphatic carbocycles. The van der Waals surface area contributed by atoms with E-state index in [0.29, 0.717) is 24.4 Å². The molecular weight excluding hydrogens is 537 g/mol. The second kappa shape index (κ2) is 12.0. The highest BCUT2D eigenvalue weighted by Crippen LogP contribution is 2.39. The zero-order chi connectivity index (χ0) is 27.4. The van der Waals surface area contributed by atoms with Gasteiger partial charge in [0.15, 0.2) is 5.65 Å². The molecule has 0 bridgehead atoms. The smallest absolute Gasteiger partial charge is 0.447 e. The first kappa shape index (κ1) is 28.3. The molecule has 2 atom stereocenters. The fourth-order valence-corrected chi connectivity index (χ4v) is 5.64. The number of nitrogens with one attached hydrogen (secondary N) is 2. The summed E-state index contributed by atoms with van der Waals surface area (Å²) in [7, 11) is 3.16. The van der Waals surface area contributed by atoms with Crippen LogP contribution in [-0.4, -0.2) is 79.1 Å². The molecule has 1 fully saturated rings. The van der Waals surface area contributed by atoms with Gasteiger partial charge in [0.2, 0.25) is 0 Å². The number of methoxy groups -OCH3 is 1. The molecule has 38 heavy (non-hydrogen) atoms. The second-order valence-electron chi connectivity index (χ2n) is 9.18. The molecule has 204 valence electrons. The number of thioether (sulfide) groups is 1. The molecule has 2 unspecified atom stereocenters. The number of fused-ring (bicyclic) bond motifs is 1. The fourth-order valence-electron chi connectivity index (χ4n) is 4.24. The SMILES string of the molecule is COc1cc(P(C)C)ccc1NCC#Cc1nc2c(NC3CCN(C)CC3F)cccn2c1SC(F)(F)F. The summed E-state index contributed by atoms with van der Waals surface area (Å²) in [6.45, 7) is 5.49. The van der Waals surface area contributed by atoms with Gasteiger partial charge in [-0.15, -0.1) is 0 Å². The van der Waals surface area contributed by atoms with Crippen molar-refractivity contribution in [3.05, 3.63) is 42.2 Å². The minimum atomic E-state index is -4.53. The van der Waals surface area contributed by atoms with Crippen LogP contribution in [0.5, 0.6) is 5.75 Å². The lowest BCUT2D eigenvalue weighted by atomic mass is 10.0. The molecule has 2 aromatic heterocycles. The highest BCUT2D eigenvalue weighted by molar-refractivity contribution is 8.00. The molecule has 1 aliphatic heterocycles. The Morgan fingerprint density at radius 2 is 2.03 bits per heavy atom. The normalized spacial score (nSPS) is 18.3. The van der Waals surface area contributed by atoms with Gasteiger partial charge in [-0.1, -0.05) is 19.9 Å². The van der Waals surface area contributed by atoms with Gasteiger partial charge in [-0.05, 0) is 62.3 Å². The fraction of sp³-hybridized carbons (Fsp3) is 0.423. The van der Waals surface area contributed by atoms with E-state index >= 15 is 0 Å². The zero-order valence-electron chi connectivity index (χ0n) is 21.6. The van der Waals surface area contributed by atoms with E-state index in [1.807, 2.05) is 30.1 Å². The molecule has 12 heteroatoms. The zero-order valence-corrected chi connectivity index (χ0v) is 23.3. The van der Waals surface area contributed by atoms with E-state index in [9.17, 15) is 17.6 Å². The largest absolute Gasteiger partial charge is 0.495 e. The van der Waals surface area contributed by atoms with Gasteiger partial charge in [-0.2, -0.15) is 13.2 Å². The monoisotopic (exact) mass is 567 g/mol. The maximum absolute atomic E-state index is 14.6. The Morgan fingerprint density at radius 1 is 1.24 bits per heavy atom. The average molecular weight is 568 g/mol. The summed E-state index contributed by atoms with van der Waals surface area (Å²) >= 11 is -0.265. The topological polar surface area (TPSA) is 53.8 Å². The van der Waals surface area contributed by atoms with Gasteiger partial charge in [0, 0.05) is 31.0 Å². The van der Waals surface area contributed by atoms with Gasteiger partial charge >= 0.3 is 5.51 Å². The lowest BCUT2D eigenvalue weighted by Crippen LogP contribution is -2.46. The highest BCUT2D eigenvalue weighted by Gasteiger charge is 2.33. The summed E-state index contributed by atoms with van der Waals surface area (Å²) in [5, 5.41) is 7.38. The van der Waals surface area contributed by atoms with Crippen molar-refractivity contribution in [2.45, 2.75) is 29.2 Å². The quantitative estimate of drug-likeness (QED) is 0.176. The molecule has 0 radical (unpaired) electrons. The third-order valence-corrected chi connectivity index (χ3v) is 8.31. The molecule has 0 saturated carbocycles. The number of pyridine rings is 1. The number of hydrogen-bond acceptors (Lipinski definition) is 6. The van der Waals surface area contributed by atoms with Crippen molar-refractivity contribution in [3.63, 3.8) is 0 Å². The van der Waals surface area contributed by atoms with Crippen LogP contribution < -0.4 is 20.7 Å². The minimum Gasteiger partial charge on any atom is -0.495 e. The number of anilines is 2. The maximum Gasteiger partial charge on any atom is 0.447 e. The number of aromatic nitrogens is 2. The molecule has 2 N–H and O–H groups in total. The maximum atomic E-state index is 14.6. The lowest BCUT2D eigenvalue weighted by Gasteiger charge is -2.33. The van der Waals surface area contributed by atoms with Crippen LogP contribution in [-0.2, 0) is 0 Å². The Kier molecular flexibility index (Phi) is 8.96. The summed E-state index contributed by atoms with van der Waals surface area (Å²) in [5.41, 5.74) is -3.03. The Balaban J connectivity index is 1.60. The Hall–Kier alpha value is -2.67. The molecule has 4 rings (SSSR count). The van der Waals surface area contributed by atoms with Crippen molar-refractivity contribution in [3.8, 4) is 17.6 Å². The minimum absolute atomic E-state index is 0.00784. The molecular formula is C26H30F4N5OPS. The van der Waals surface area contributed by atoms with Gasteiger partial charge in [-0.3, -0.25) is 4.40 Å². The van der Waals surface area contributed by atoms with E-state index in [-0.39, 0.29) is 42.6 Å². The van der Waals surface area contributed by atoms with Gasteiger partial charge in [-0.25, -0.2) is 9.37 Å². The van der Waals surface area contributed by atoms with Crippen LogP contribution in [0.25, 0.3) is 5.65 Å². The number of imidazole rings is 1. The van der Waals surface area contributed by atoms with Crippen LogP contribution in [0.4, 0.5) is 28.9 Å². The van der Waals surface area contributed by atoms with Gasteiger partial charge in [0.05, 0.1) is 31.1 Å². The second-order valence-corrected chi connectivity index (χ2v) is 12.5. The van der Waals surface area contributed by atoms with Crippen LogP contribution >= 0.6 is 19.7 Å². The number of halogens is 4. The first-order valence-electron chi connectivity index (χ1n) is 12.0. The van der Waals surface area contributed by atoms with Crippen LogP contribution in [0.3, 0.4) is 0 Å². The number of nitrogens with zero attached hydrogens (tertiary/aromatic N) is 3. The summed E-state index contributed by atoms with van der Waals surface area (Å²) < 4.78 is 61.8. The average Bonchev–Trinajstić information content (AvgIpc) is 3.20. The van der Waals surface area contributed by atoms with Crippen LogP contribution in [0.1, 0.15) is 12.1 Å². The Labute approximate surface area is 225 Å². The van der Waals surface area contributed by atoms with E-state index in [0.717, 1.165) is 12.2 Å².